The Labute approximate surface area is 164 Å². The number of rotatable bonds is 15. The summed E-state index contributed by atoms with van der Waals surface area (Å²) in [6.45, 7) is 6.63. The molecule has 0 atom stereocenters. The second kappa shape index (κ2) is 16.9. The van der Waals surface area contributed by atoms with Crippen molar-refractivity contribution in [2.75, 3.05) is 26.7 Å². The maximum Gasteiger partial charge on any atom is 0.0784 e. The maximum atomic E-state index is 2.49. The smallest absolute Gasteiger partial charge is 0.0784 e. The van der Waals surface area contributed by atoms with Gasteiger partial charge in [0.2, 0.25) is 0 Å². The third kappa shape index (κ3) is 13.7. The monoisotopic (exact) mass is 403 g/mol. The Morgan fingerprint density at radius 3 is 1.33 bits per heavy atom. The molecule has 0 aromatic rings. The summed E-state index contributed by atoms with van der Waals surface area (Å²) >= 11 is 0. The number of hydrogen-bond donors (Lipinski definition) is 0. The van der Waals surface area contributed by atoms with Crippen LogP contribution in [0.3, 0.4) is 0 Å². The molecule has 0 spiro atoms. The molecule has 0 unspecified atom stereocenters. The van der Waals surface area contributed by atoms with E-state index in [4.69, 9.17) is 0 Å². The number of likely N-dealkylation sites (tertiary alicyclic amines) is 1. The van der Waals surface area contributed by atoms with Crippen LogP contribution in [0.15, 0.2) is 0 Å². The first-order valence-corrected chi connectivity index (χ1v) is 11.1. The zero-order chi connectivity index (χ0) is 16.6. The van der Waals surface area contributed by atoms with Gasteiger partial charge in [-0.1, -0.05) is 84.0 Å². The van der Waals surface area contributed by atoms with Gasteiger partial charge in [-0.3, -0.25) is 0 Å². The minimum Gasteiger partial charge on any atom is -1.00 e. The summed E-state index contributed by atoms with van der Waals surface area (Å²) in [6, 6.07) is 0. The van der Waals surface area contributed by atoms with Gasteiger partial charge in [-0.05, 0) is 32.1 Å². The second-order valence-corrected chi connectivity index (χ2v) is 8.45. The summed E-state index contributed by atoms with van der Waals surface area (Å²) in [7, 11) is 2.49. The van der Waals surface area contributed by atoms with Crippen LogP contribution in [0.25, 0.3) is 0 Å². The van der Waals surface area contributed by atoms with Crippen LogP contribution in [0.1, 0.15) is 116 Å². The van der Waals surface area contributed by atoms with Crippen LogP contribution < -0.4 is 17.0 Å². The van der Waals surface area contributed by atoms with E-state index in [1.165, 1.54) is 133 Å². The van der Waals surface area contributed by atoms with Gasteiger partial charge in [-0.2, -0.15) is 0 Å². The van der Waals surface area contributed by atoms with Crippen molar-refractivity contribution in [3.8, 4) is 0 Å². The first kappa shape index (κ1) is 24.4. The van der Waals surface area contributed by atoms with Crippen LogP contribution >= 0.6 is 0 Å². The van der Waals surface area contributed by atoms with Gasteiger partial charge in [0, 0.05) is 0 Å². The zero-order valence-electron chi connectivity index (χ0n) is 17.0. The Kier molecular flexibility index (Phi) is 17.2. The average Bonchev–Trinajstić information content (AvgIpc) is 2.56. The molecule has 0 radical (unpaired) electrons. The molecule has 0 N–H and O–H groups in total. The molecular weight excluding hydrogens is 358 g/mol. The molecule has 0 aromatic heterocycles. The van der Waals surface area contributed by atoms with Crippen molar-refractivity contribution in [2.24, 2.45) is 0 Å². The quantitative estimate of drug-likeness (QED) is 0.285. The van der Waals surface area contributed by atoms with E-state index >= 15 is 0 Å². The average molecular weight is 405 g/mol. The van der Waals surface area contributed by atoms with Gasteiger partial charge >= 0.3 is 0 Å². The van der Waals surface area contributed by atoms with Crippen LogP contribution in [-0.2, 0) is 0 Å². The first-order valence-electron chi connectivity index (χ1n) is 11.1. The van der Waals surface area contributed by atoms with Crippen molar-refractivity contribution in [2.45, 2.75) is 116 Å². The lowest BCUT2D eigenvalue weighted by Gasteiger charge is -2.37. The lowest BCUT2D eigenvalue weighted by Crippen LogP contribution is -3.00. The van der Waals surface area contributed by atoms with Crippen molar-refractivity contribution in [1.82, 2.24) is 0 Å². The number of unbranched alkanes of at least 4 members (excludes halogenated alkanes) is 13. The number of halogens is 1. The van der Waals surface area contributed by atoms with E-state index in [1.807, 2.05) is 0 Å². The lowest BCUT2D eigenvalue weighted by atomic mass is 10.0. The SMILES string of the molecule is CCCCCCCCCCCCCCCC[N+]1(C)CCCCC1.[Br-]. The van der Waals surface area contributed by atoms with E-state index in [9.17, 15) is 0 Å². The van der Waals surface area contributed by atoms with E-state index in [0.717, 1.165) is 0 Å². The van der Waals surface area contributed by atoms with E-state index < -0.39 is 0 Å². The van der Waals surface area contributed by atoms with Crippen molar-refractivity contribution in [3.63, 3.8) is 0 Å². The summed E-state index contributed by atoms with van der Waals surface area (Å²) in [5, 5.41) is 0. The minimum absolute atomic E-state index is 0. The van der Waals surface area contributed by atoms with Crippen molar-refractivity contribution in [3.05, 3.63) is 0 Å². The molecule has 1 aliphatic heterocycles. The molecule has 146 valence electrons. The summed E-state index contributed by atoms with van der Waals surface area (Å²) in [4.78, 5) is 0. The normalized spacial score (nSPS) is 16.8. The zero-order valence-corrected chi connectivity index (χ0v) is 18.6. The number of quaternary nitrogens is 1. The molecule has 0 aromatic carbocycles. The molecule has 0 aliphatic carbocycles. The Morgan fingerprint density at radius 2 is 0.917 bits per heavy atom. The summed E-state index contributed by atoms with van der Waals surface area (Å²) < 4.78 is 1.37. The Morgan fingerprint density at radius 1 is 0.542 bits per heavy atom. The summed E-state index contributed by atoms with van der Waals surface area (Å²) in [5.41, 5.74) is 0. The highest BCUT2D eigenvalue weighted by atomic mass is 79.9. The highest BCUT2D eigenvalue weighted by molar-refractivity contribution is 4.53. The minimum atomic E-state index is 0. The molecule has 1 heterocycles. The fourth-order valence-electron chi connectivity index (χ4n) is 4.19. The Balaban J connectivity index is 0.00000529. The largest absolute Gasteiger partial charge is 1.00 e. The van der Waals surface area contributed by atoms with Gasteiger partial charge in [0.1, 0.15) is 0 Å². The predicted octanol–water partition coefficient (Wildman–Crippen LogP) is 4.10. The highest BCUT2D eigenvalue weighted by Crippen LogP contribution is 2.18. The van der Waals surface area contributed by atoms with E-state index in [-0.39, 0.29) is 17.0 Å². The molecule has 1 aliphatic rings. The molecule has 0 saturated carbocycles. The van der Waals surface area contributed by atoms with Gasteiger partial charge < -0.3 is 21.5 Å². The summed E-state index contributed by atoms with van der Waals surface area (Å²) in [6.07, 6.45) is 25.0. The highest BCUT2D eigenvalue weighted by Gasteiger charge is 2.23. The Bertz CT molecular complexity index is 248. The molecule has 0 amide bonds. The van der Waals surface area contributed by atoms with Gasteiger partial charge in [0.05, 0.1) is 26.7 Å². The van der Waals surface area contributed by atoms with Gasteiger partial charge in [-0.25, -0.2) is 0 Å². The van der Waals surface area contributed by atoms with Gasteiger partial charge in [-0.15, -0.1) is 0 Å². The van der Waals surface area contributed by atoms with Gasteiger partial charge in [0.25, 0.3) is 0 Å². The number of piperidine rings is 1. The van der Waals surface area contributed by atoms with E-state index in [0.29, 0.717) is 0 Å². The van der Waals surface area contributed by atoms with E-state index in [2.05, 4.69) is 14.0 Å². The fraction of sp³-hybridized carbons (Fsp3) is 1.00. The van der Waals surface area contributed by atoms with Crippen LogP contribution in [0.5, 0.6) is 0 Å². The molecule has 2 heteroatoms. The lowest BCUT2D eigenvalue weighted by molar-refractivity contribution is -0.914. The molecule has 24 heavy (non-hydrogen) atoms. The molecule has 1 rings (SSSR count). The fourth-order valence-corrected chi connectivity index (χ4v) is 4.19. The van der Waals surface area contributed by atoms with E-state index in [1.54, 1.807) is 0 Å². The Hall–Kier alpha value is 0.440. The molecule has 1 saturated heterocycles. The van der Waals surface area contributed by atoms with Gasteiger partial charge in [0.15, 0.2) is 0 Å². The molecular formula is C22H46BrN. The molecule has 1 nitrogen and oxygen atoms in total. The maximum absolute atomic E-state index is 2.49. The van der Waals surface area contributed by atoms with Crippen molar-refractivity contribution < 1.29 is 21.5 Å². The second-order valence-electron chi connectivity index (χ2n) is 8.45. The first-order chi connectivity index (χ1) is 11.3. The number of nitrogens with zero attached hydrogens (tertiary/aromatic N) is 1. The number of hydrogen-bond acceptors (Lipinski definition) is 0. The predicted molar refractivity (Wildman–Crippen MR) is 105 cm³/mol. The third-order valence-corrected chi connectivity index (χ3v) is 5.95. The summed E-state index contributed by atoms with van der Waals surface area (Å²) in [5.74, 6) is 0. The van der Waals surface area contributed by atoms with Crippen LogP contribution in [-0.4, -0.2) is 31.2 Å². The molecule has 0 bridgehead atoms. The van der Waals surface area contributed by atoms with Crippen LogP contribution in [0.2, 0.25) is 0 Å². The standard InChI is InChI=1S/C22H46N.BrH/c1-3-4-5-6-7-8-9-10-11-12-13-14-15-17-20-23(2)21-18-16-19-22-23;/h3-22H2,1-2H3;1H/q+1;/p-1. The topological polar surface area (TPSA) is 0 Å². The molecule has 1 fully saturated rings. The third-order valence-electron chi connectivity index (χ3n) is 5.95. The van der Waals surface area contributed by atoms with Crippen molar-refractivity contribution >= 4 is 0 Å². The van der Waals surface area contributed by atoms with Crippen LogP contribution in [0.4, 0.5) is 0 Å². The van der Waals surface area contributed by atoms with Crippen LogP contribution in [0, 0.1) is 0 Å². The van der Waals surface area contributed by atoms with Crippen molar-refractivity contribution in [1.29, 1.82) is 0 Å².